The molecule has 0 aromatic carbocycles. The predicted molar refractivity (Wildman–Crippen MR) is 77.1 cm³/mol. The number of nitro groups is 1. The van der Waals surface area contributed by atoms with Crippen LogP contribution in [0.15, 0.2) is 0 Å². The molecule has 21 heavy (non-hydrogen) atoms. The van der Waals surface area contributed by atoms with Crippen LogP contribution in [0.25, 0.3) is 0 Å². The van der Waals surface area contributed by atoms with Crippen molar-refractivity contribution in [3.8, 4) is 0 Å². The molecule has 0 aliphatic heterocycles. The molecule has 1 heterocycles. The second kappa shape index (κ2) is 7.72. The first-order chi connectivity index (χ1) is 9.90. The average molecular weight is 298 g/mol. The molecule has 0 aliphatic rings. The number of aromatic nitrogens is 2. The Labute approximate surface area is 123 Å². The van der Waals surface area contributed by atoms with Crippen molar-refractivity contribution in [3.05, 3.63) is 21.5 Å². The van der Waals surface area contributed by atoms with E-state index in [2.05, 4.69) is 10.4 Å². The lowest BCUT2D eigenvalue weighted by Crippen LogP contribution is -2.37. The van der Waals surface area contributed by atoms with Crippen LogP contribution in [0.5, 0.6) is 0 Å². The monoisotopic (exact) mass is 298 g/mol. The first-order valence-electron chi connectivity index (χ1n) is 6.87. The zero-order chi connectivity index (χ0) is 16.0. The molecule has 0 spiro atoms. The minimum Gasteiger partial charge on any atom is -0.383 e. The van der Waals surface area contributed by atoms with Crippen molar-refractivity contribution in [2.24, 2.45) is 0 Å². The van der Waals surface area contributed by atoms with Crippen molar-refractivity contribution in [2.75, 3.05) is 13.7 Å². The quantitative estimate of drug-likeness (QED) is 0.576. The molecule has 0 fully saturated rings. The van der Waals surface area contributed by atoms with Gasteiger partial charge in [-0.1, -0.05) is 6.92 Å². The molecule has 1 N–H and O–H groups in total. The lowest BCUT2D eigenvalue weighted by atomic mass is 10.2. The van der Waals surface area contributed by atoms with Crippen LogP contribution in [0.3, 0.4) is 0 Å². The number of nitrogens with one attached hydrogen (secondary N) is 1. The van der Waals surface area contributed by atoms with E-state index in [0.29, 0.717) is 24.5 Å². The Morgan fingerprint density at radius 1 is 1.52 bits per heavy atom. The van der Waals surface area contributed by atoms with E-state index in [1.165, 1.54) is 4.68 Å². The van der Waals surface area contributed by atoms with Crippen molar-refractivity contribution in [2.45, 2.75) is 46.2 Å². The Bertz CT molecular complexity index is 513. The largest absolute Gasteiger partial charge is 0.383 e. The summed E-state index contributed by atoms with van der Waals surface area (Å²) in [6.07, 6.45) is 1.00. The molecular formula is C13H22N4O4. The predicted octanol–water partition coefficient (Wildman–Crippen LogP) is 1.34. The van der Waals surface area contributed by atoms with E-state index in [-0.39, 0.29) is 24.1 Å². The van der Waals surface area contributed by atoms with Crippen molar-refractivity contribution in [1.82, 2.24) is 15.1 Å². The summed E-state index contributed by atoms with van der Waals surface area (Å²) >= 11 is 0. The molecule has 0 saturated heterocycles. The molecule has 8 heteroatoms. The third-order valence-corrected chi connectivity index (χ3v) is 3.30. The Balaban J connectivity index is 2.61. The van der Waals surface area contributed by atoms with Crippen LogP contribution in [0.4, 0.5) is 5.69 Å². The van der Waals surface area contributed by atoms with Crippen LogP contribution in [0, 0.1) is 24.0 Å². The van der Waals surface area contributed by atoms with E-state index < -0.39 is 4.92 Å². The summed E-state index contributed by atoms with van der Waals surface area (Å²) in [4.78, 5) is 22.3. The summed E-state index contributed by atoms with van der Waals surface area (Å²) in [5.74, 6) is -0.117. The third-order valence-electron chi connectivity index (χ3n) is 3.30. The molecule has 0 saturated carbocycles. The van der Waals surface area contributed by atoms with Crippen molar-refractivity contribution >= 4 is 11.6 Å². The third kappa shape index (κ3) is 4.52. The first-order valence-corrected chi connectivity index (χ1v) is 6.87. The number of carbonyl (C=O) groups is 1. The van der Waals surface area contributed by atoms with E-state index in [1.807, 2.05) is 6.92 Å². The first kappa shape index (κ1) is 17.1. The van der Waals surface area contributed by atoms with E-state index in [4.69, 9.17) is 4.74 Å². The summed E-state index contributed by atoms with van der Waals surface area (Å²) in [5, 5.41) is 17.9. The van der Waals surface area contributed by atoms with Crippen LogP contribution in [0.1, 0.15) is 31.2 Å². The molecular weight excluding hydrogens is 276 g/mol. The van der Waals surface area contributed by atoms with E-state index in [0.717, 1.165) is 6.42 Å². The number of aryl methyl sites for hydroxylation is 2. The van der Waals surface area contributed by atoms with Crippen LogP contribution in [-0.2, 0) is 16.1 Å². The number of carbonyl (C=O) groups excluding carboxylic acids is 1. The number of rotatable bonds is 8. The number of ether oxygens (including phenoxy) is 1. The van der Waals surface area contributed by atoms with Gasteiger partial charge in [0.05, 0.1) is 24.1 Å². The number of hydrogen-bond donors (Lipinski definition) is 1. The van der Waals surface area contributed by atoms with E-state index >= 15 is 0 Å². The number of methoxy groups -OCH3 is 1. The molecule has 0 radical (unpaired) electrons. The highest BCUT2D eigenvalue weighted by atomic mass is 16.6. The van der Waals surface area contributed by atoms with Crippen molar-refractivity contribution in [1.29, 1.82) is 0 Å². The Morgan fingerprint density at radius 3 is 2.67 bits per heavy atom. The van der Waals surface area contributed by atoms with Gasteiger partial charge in [0, 0.05) is 13.5 Å². The van der Waals surface area contributed by atoms with Gasteiger partial charge in [-0.25, -0.2) is 0 Å². The van der Waals surface area contributed by atoms with Gasteiger partial charge in [0.25, 0.3) is 0 Å². The maximum atomic E-state index is 11.9. The second-order valence-electron chi connectivity index (χ2n) is 4.88. The molecule has 118 valence electrons. The molecule has 0 bridgehead atoms. The number of amides is 1. The molecule has 8 nitrogen and oxygen atoms in total. The molecule has 0 aliphatic carbocycles. The minimum atomic E-state index is -0.445. The molecule has 1 unspecified atom stereocenters. The molecule has 1 rings (SSSR count). The lowest BCUT2D eigenvalue weighted by Gasteiger charge is -2.15. The summed E-state index contributed by atoms with van der Waals surface area (Å²) < 4.78 is 6.52. The Kier molecular flexibility index (Phi) is 6.29. The summed E-state index contributed by atoms with van der Waals surface area (Å²) in [6.45, 7) is 5.97. The molecule has 1 amide bonds. The van der Waals surface area contributed by atoms with Crippen LogP contribution in [-0.4, -0.2) is 40.4 Å². The molecule has 1 aromatic heterocycles. The highest BCUT2D eigenvalue weighted by Crippen LogP contribution is 2.21. The molecule has 1 aromatic rings. The normalized spacial score (nSPS) is 12.2. The maximum Gasteiger partial charge on any atom is 0.312 e. The van der Waals surface area contributed by atoms with Crippen molar-refractivity contribution < 1.29 is 14.5 Å². The van der Waals surface area contributed by atoms with Gasteiger partial charge >= 0.3 is 5.69 Å². The molecule has 1 atom stereocenters. The van der Waals surface area contributed by atoms with Crippen LogP contribution in [0.2, 0.25) is 0 Å². The maximum absolute atomic E-state index is 11.9. The minimum absolute atomic E-state index is 0.0150. The highest BCUT2D eigenvalue weighted by Gasteiger charge is 2.22. The Hall–Kier alpha value is -1.96. The SMILES string of the molecule is CCC(COC)NC(=O)CCn1nc(C)c([N+](=O)[O-])c1C. The van der Waals surface area contributed by atoms with Crippen LogP contribution >= 0.6 is 0 Å². The van der Waals surface area contributed by atoms with Gasteiger partial charge in [-0.3, -0.25) is 19.6 Å². The zero-order valence-electron chi connectivity index (χ0n) is 12.9. The van der Waals surface area contributed by atoms with Gasteiger partial charge in [0.15, 0.2) is 0 Å². The summed E-state index contributed by atoms with van der Waals surface area (Å²) in [7, 11) is 1.59. The van der Waals surface area contributed by atoms with Gasteiger partial charge < -0.3 is 10.1 Å². The fraction of sp³-hybridized carbons (Fsp3) is 0.692. The summed E-state index contributed by atoms with van der Waals surface area (Å²) in [6, 6.07) is -0.0164. The fourth-order valence-electron chi connectivity index (χ4n) is 2.14. The highest BCUT2D eigenvalue weighted by molar-refractivity contribution is 5.76. The van der Waals surface area contributed by atoms with Gasteiger partial charge in [-0.05, 0) is 20.3 Å². The van der Waals surface area contributed by atoms with Gasteiger partial charge in [-0.2, -0.15) is 5.10 Å². The Morgan fingerprint density at radius 2 is 2.19 bits per heavy atom. The van der Waals surface area contributed by atoms with E-state index in [9.17, 15) is 14.9 Å². The fourth-order valence-corrected chi connectivity index (χ4v) is 2.14. The summed E-state index contributed by atoms with van der Waals surface area (Å²) in [5.41, 5.74) is 0.846. The van der Waals surface area contributed by atoms with Gasteiger partial charge in [-0.15, -0.1) is 0 Å². The second-order valence-corrected chi connectivity index (χ2v) is 4.88. The van der Waals surface area contributed by atoms with Gasteiger partial charge in [0.1, 0.15) is 11.4 Å². The topological polar surface area (TPSA) is 99.3 Å². The average Bonchev–Trinajstić information content (AvgIpc) is 2.70. The van der Waals surface area contributed by atoms with Gasteiger partial charge in [0.2, 0.25) is 5.91 Å². The zero-order valence-corrected chi connectivity index (χ0v) is 12.9. The number of nitrogens with zero attached hydrogens (tertiary/aromatic N) is 3. The number of hydrogen-bond acceptors (Lipinski definition) is 5. The smallest absolute Gasteiger partial charge is 0.312 e. The lowest BCUT2D eigenvalue weighted by molar-refractivity contribution is -0.386. The van der Waals surface area contributed by atoms with Crippen molar-refractivity contribution in [3.63, 3.8) is 0 Å². The van der Waals surface area contributed by atoms with Crippen LogP contribution < -0.4 is 5.32 Å². The standard InChI is InChI=1S/C13H22N4O4/c1-5-11(8-21-4)14-12(18)6-7-16-10(3)13(17(19)20)9(2)15-16/h11H,5-8H2,1-4H3,(H,14,18). The van der Waals surface area contributed by atoms with E-state index in [1.54, 1.807) is 21.0 Å².